The Morgan fingerprint density at radius 2 is 1.76 bits per heavy atom. The molecule has 0 aromatic heterocycles. The van der Waals surface area contributed by atoms with Gasteiger partial charge < -0.3 is 19.7 Å². The molecular weight excluding hydrogens is 320 g/mol. The molecular formula is C19H28N2O4. The second kappa shape index (κ2) is 8.74. The van der Waals surface area contributed by atoms with Gasteiger partial charge in [-0.15, -0.1) is 0 Å². The standard InChI is InChI=1S/C19H28N2O4/c1-4-24-17(22)20-14-19(16-9-7-6-8-15(16)3)10-12-21(13-11-19)18(23)25-5-2/h6-9H,4-5,10-14H2,1-3H3,(H,20,22). The number of likely N-dealkylation sites (tertiary alicyclic amines) is 1. The van der Waals surface area contributed by atoms with Crippen LogP contribution in [0.3, 0.4) is 0 Å². The van der Waals surface area contributed by atoms with Crippen LogP contribution in [0.5, 0.6) is 0 Å². The van der Waals surface area contributed by atoms with Gasteiger partial charge in [0.05, 0.1) is 13.2 Å². The second-order valence-corrected chi connectivity index (χ2v) is 6.36. The summed E-state index contributed by atoms with van der Waals surface area (Å²) in [5, 5.41) is 2.89. The van der Waals surface area contributed by atoms with Crippen LogP contribution in [-0.4, -0.2) is 49.9 Å². The molecule has 0 spiro atoms. The second-order valence-electron chi connectivity index (χ2n) is 6.36. The number of nitrogens with one attached hydrogen (secondary N) is 1. The Balaban J connectivity index is 2.16. The molecule has 1 aliphatic heterocycles. The Morgan fingerprint density at radius 1 is 1.12 bits per heavy atom. The Bertz CT molecular complexity index is 595. The summed E-state index contributed by atoms with van der Waals surface area (Å²) >= 11 is 0. The molecule has 0 unspecified atom stereocenters. The zero-order valence-corrected chi connectivity index (χ0v) is 15.3. The summed E-state index contributed by atoms with van der Waals surface area (Å²) in [6.07, 6.45) is 0.870. The molecule has 1 heterocycles. The van der Waals surface area contributed by atoms with Gasteiger partial charge in [-0.3, -0.25) is 0 Å². The van der Waals surface area contributed by atoms with E-state index in [0.29, 0.717) is 32.8 Å². The van der Waals surface area contributed by atoms with E-state index in [1.807, 2.05) is 19.1 Å². The van der Waals surface area contributed by atoms with Crippen LogP contribution in [0.25, 0.3) is 0 Å². The molecule has 138 valence electrons. The molecule has 0 saturated carbocycles. The highest BCUT2D eigenvalue weighted by atomic mass is 16.6. The van der Waals surface area contributed by atoms with E-state index in [9.17, 15) is 9.59 Å². The first-order valence-corrected chi connectivity index (χ1v) is 8.91. The van der Waals surface area contributed by atoms with Crippen LogP contribution in [0.1, 0.15) is 37.8 Å². The highest BCUT2D eigenvalue weighted by molar-refractivity contribution is 5.68. The summed E-state index contributed by atoms with van der Waals surface area (Å²) in [6.45, 7) is 8.11. The lowest BCUT2D eigenvalue weighted by atomic mass is 9.71. The average Bonchev–Trinajstić information content (AvgIpc) is 2.61. The van der Waals surface area contributed by atoms with Crippen LogP contribution in [-0.2, 0) is 14.9 Å². The lowest BCUT2D eigenvalue weighted by molar-refractivity contribution is 0.0845. The van der Waals surface area contributed by atoms with Gasteiger partial charge in [0.1, 0.15) is 0 Å². The van der Waals surface area contributed by atoms with Crippen LogP contribution in [0.15, 0.2) is 24.3 Å². The average molecular weight is 348 g/mol. The molecule has 0 radical (unpaired) electrons. The van der Waals surface area contributed by atoms with Gasteiger partial charge in [-0.05, 0) is 44.7 Å². The maximum atomic E-state index is 12.0. The lowest BCUT2D eigenvalue weighted by Crippen LogP contribution is -2.50. The smallest absolute Gasteiger partial charge is 0.409 e. The number of ether oxygens (including phenoxy) is 2. The number of carbonyl (C=O) groups is 2. The Labute approximate surface area is 149 Å². The fraction of sp³-hybridized carbons (Fsp3) is 0.579. The van der Waals surface area contributed by atoms with E-state index in [1.165, 1.54) is 11.1 Å². The summed E-state index contributed by atoms with van der Waals surface area (Å²) < 4.78 is 10.1. The highest BCUT2D eigenvalue weighted by Crippen LogP contribution is 2.37. The van der Waals surface area contributed by atoms with Crippen molar-refractivity contribution in [3.05, 3.63) is 35.4 Å². The summed E-state index contributed by atoms with van der Waals surface area (Å²) in [5.74, 6) is 0. The highest BCUT2D eigenvalue weighted by Gasteiger charge is 2.39. The molecule has 1 aromatic carbocycles. The van der Waals surface area contributed by atoms with E-state index < -0.39 is 6.09 Å². The first-order chi connectivity index (χ1) is 12.0. The summed E-state index contributed by atoms with van der Waals surface area (Å²) in [5.41, 5.74) is 2.20. The predicted molar refractivity (Wildman–Crippen MR) is 95.7 cm³/mol. The van der Waals surface area contributed by atoms with Crippen molar-refractivity contribution in [2.75, 3.05) is 32.8 Å². The molecule has 1 N–H and O–H groups in total. The molecule has 1 aliphatic rings. The SMILES string of the molecule is CCOC(=O)NCC1(c2ccccc2C)CCN(C(=O)OCC)CC1. The van der Waals surface area contributed by atoms with Crippen LogP contribution in [0.2, 0.25) is 0 Å². The molecule has 1 fully saturated rings. The molecule has 6 nitrogen and oxygen atoms in total. The molecule has 0 atom stereocenters. The number of amides is 2. The minimum absolute atomic E-state index is 0.207. The van der Waals surface area contributed by atoms with Gasteiger partial charge in [0.15, 0.2) is 0 Å². The van der Waals surface area contributed by atoms with Gasteiger partial charge in [0.25, 0.3) is 0 Å². The fourth-order valence-electron chi connectivity index (χ4n) is 3.46. The number of carbonyl (C=O) groups excluding carboxylic acids is 2. The van der Waals surface area contributed by atoms with Crippen LogP contribution in [0, 0.1) is 6.92 Å². The van der Waals surface area contributed by atoms with Crippen molar-refractivity contribution in [2.24, 2.45) is 0 Å². The first kappa shape index (κ1) is 19.1. The summed E-state index contributed by atoms with van der Waals surface area (Å²) in [4.78, 5) is 25.5. The van der Waals surface area contributed by atoms with Crippen molar-refractivity contribution < 1.29 is 19.1 Å². The van der Waals surface area contributed by atoms with Crippen molar-refractivity contribution in [1.29, 1.82) is 0 Å². The monoisotopic (exact) mass is 348 g/mol. The number of hydrogen-bond acceptors (Lipinski definition) is 4. The maximum Gasteiger partial charge on any atom is 0.409 e. The Hall–Kier alpha value is -2.24. The van der Waals surface area contributed by atoms with Crippen LogP contribution < -0.4 is 5.32 Å². The topological polar surface area (TPSA) is 67.9 Å². The normalized spacial score (nSPS) is 16.2. The minimum atomic E-state index is -0.400. The zero-order valence-electron chi connectivity index (χ0n) is 15.3. The van der Waals surface area contributed by atoms with Crippen molar-refractivity contribution >= 4 is 12.2 Å². The van der Waals surface area contributed by atoms with E-state index in [0.717, 1.165) is 12.8 Å². The van der Waals surface area contributed by atoms with Crippen LogP contribution >= 0.6 is 0 Å². The summed E-state index contributed by atoms with van der Waals surface area (Å²) in [6, 6.07) is 8.23. The fourth-order valence-corrected chi connectivity index (χ4v) is 3.46. The van der Waals surface area contributed by atoms with Crippen molar-refractivity contribution in [3.63, 3.8) is 0 Å². The minimum Gasteiger partial charge on any atom is -0.450 e. The largest absolute Gasteiger partial charge is 0.450 e. The number of aryl methyl sites for hydroxylation is 1. The predicted octanol–water partition coefficient (Wildman–Crippen LogP) is 3.23. The molecule has 6 heteroatoms. The van der Waals surface area contributed by atoms with Gasteiger partial charge >= 0.3 is 12.2 Å². The third-order valence-corrected chi connectivity index (χ3v) is 4.81. The number of nitrogens with zero attached hydrogens (tertiary/aromatic N) is 1. The van der Waals surface area contributed by atoms with Gasteiger partial charge in [-0.2, -0.15) is 0 Å². The van der Waals surface area contributed by atoms with Gasteiger partial charge in [0, 0.05) is 25.0 Å². The van der Waals surface area contributed by atoms with E-state index in [4.69, 9.17) is 9.47 Å². The third-order valence-electron chi connectivity index (χ3n) is 4.81. The van der Waals surface area contributed by atoms with E-state index in [2.05, 4.69) is 24.4 Å². The van der Waals surface area contributed by atoms with Gasteiger partial charge in [-0.25, -0.2) is 9.59 Å². The number of hydrogen-bond donors (Lipinski definition) is 1. The third kappa shape index (κ3) is 4.65. The number of alkyl carbamates (subject to hydrolysis) is 1. The Morgan fingerprint density at radius 3 is 2.36 bits per heavy atom. The molecule has 1 saturated heterocycles. The first-order valence-electron chi connectivity index (χ1n) is 8.91. The van der Waals surface area contributed by atoms with Crippen molar-refractivity contribution in [2.45, 2.75) is 39.0 Å². The van der Waals surface area contributed by atoms with Crippen molar-refractivity contribution in [1.82, 2.24) is 10.2 Å². The molecule has 0 bridgehead atoms. The van der Waals surface area contributed by atoms with E-state index in [-0.39, 0.29) is 11.5 Å². The molecule has 2 rings (SSSR count). The number of piperidine rings is 1. The number of rotatable bonds is 5. The maximum absolute atomic E-state index is 12.0. The van der Waals surface area contributed by atoms with Gasteiger partial charge in [-0.1, -0.05) is 24.3 Å². The number of benzene rings is 1. The summed E-state index contributed by atoms with van der Waals surface area (Å²) in [7, 11) is 0. The zero-order chi connectivity index (χ0) is 18.3. The molecule has 25 heavy (non-hydrogen) atoms. The van der Waals surface area contributed by atoms with E-state index in [1.54, 1.807) is 11.8 Å². The molecule has 2 amide bonds. The van der Waals surface area contributed by atoms with Gasteiger partial charge in [0.2, 0.25) is 0 Å². The van der Waals surface area contributed by atoms with Crippen LogP contribution in [0.4, 0.5) is 9.59 Å². The molecule has 1 aromatic rings. The molecule has 0 aliphatic carbocycles. The Kier molecular flexibility index (Phi) is 6.67. The lowest BCUT2D eigenvalue weighted by Gasteiger charge is -2.42. The quantitative estimate of drug-likeness (QED) is 0.887. The van der Waals surface area contributed by atoms with Crippen molar-refractivity contribution in [3.8, 4) is 0 Å². The van der Waals surface area contributed by atoms with E-state index >= 15 is 0 Å².